The third-order valence-corrected chi connectivity index (χ3v) is 3.88. The first-order valence-corrected chi connectivity index (χ1v) is 7.82. The normalized spacial score (nSPS) is 12.0. The fourth-order valence-electron chi connectivity index (χ4n) is 2.07. The summed E-state index contributed by atoms with van der Waals surface area (Å²) < 4.78 is 10.1. The summed E-state index contributed by atoms with van der Waals surface area (Å²) in [7, 11) is 1.79. The van der Waals surface area contributed by atoms with E-state index in [4.69, 9.17) is 14.7 Å². The van der Waals surface area contributed by atoms with Crippen molar-refractivity contribution in [2.24, 2.45) is 11.7 Å². The lowest BCUT2D eigenvalue weighted by Crippen LogP contribution is -2.34. The van der Waals surface area contributed by atoms with E-state index in [9.17, 15) is 4.79 Å². The molecule has 0 saturated heterocycles. The van der Waals surface area contributed by atoms with Crippen LogP contribution in [0.25, 0.3) is 11.4 Å². The highest BCUT2D eigenvalue weighted by Gasteiger charge is 2.15. The van der Waals surface area contributed by atoms with Gasteiger partial charge in [-0.3, -0.25) is 4.79 Å². The maximum atomic E-state index is 12.1. The van der Waals surface area contributed by atoms with Gasteiger partial charge in [0.25, 0.3) is 0 Å². The Balaban J connectivity index is 0.00000288. The van der Waals surface area contributed by atoms with E-state index in [0.717, 1.165) is 12.0 Å². The number of nitrogens with two attached hydrogens (primary N) is 1. The van der Waals surface area contributed by atoms with E-state index >= 15 is 0 Å². The van der Waals surface area contributed by atoms with Crippen molar-refractivity contribution < 1.29 is 13.7 Å². The van der Waals surface area contributed by atoms with Crippen LogP contribution in [0.15, 0.2) is 27.5 Å². The lowest BCUT2D eigenvalue weighted by molar-refractivity contribution is -0.130. The Hall–Kier alpha value is -1.86. The van der Waals surface area contributed by atoms with Crippen molar-refractivity contribution in [1.29, 1.82) is 0 Å². The predicted molar refractivity (Wildman–Crippen MR) is 92.6 cm³/mol. The fourth-order valence-corrected chi connectivity index (χ4v) is 2.07. The number of nitrogens with zero attached hydrogens (tertiary/aromatic N) is 3. The smallest absolute Gasteiger partial charge is 0.227 e. The molecule has 2 heterocycles. The van der Waals surface area contributed by atoms with Gasteiger partial charge in [0.1, 0.15) is 6.26 Å². The van der Waals surface area contributed by atoms with Gasteiger partial charge in [0.15, 0.2) is 0 Å². The summed E-state index contributed by atoms with van der Waals surface area (Å²) in [4.78, 5) is 18.1. The van der Waals surface area contributed by atoms with Crippen molar-refractivity contribution in [3.05, 3.63) is 24.5 Å². The van der Waals surface area contributed by atoms with Gasteiger partial charge in [0, 0.05) is 32.5 Å². The van der Waals surface area contributed by atoms with Gasteiger partial charge in [0.2, 0.25) is 17.6 Å². The van der Waals surface area contributed by atoms with Crippen LogP contribution < -0.4 is 5.73 Å². The molecule has 2 aromatic heterocycles. The zero-order valence-corrected chi connectivity index (χ0v) is 15.1. The third kappa shape index (κ3) is 5.65. The number of rotatable bonds is 8. The molecule has 1 unspecified atom stereocenters. The van der Waals surface area contributed by atoms with Crippen LogP contribution in [0, 0.1) is 5.92 Å². The van der Waals surface area contributed by atoms with Crippen molar-refractivity contribution in [2.75, 3.05) is 13.6 Å². The summed E-state index contributed by atoms with van der Waals surface area (Å²) in [5.41, 5.74) is 6.76. The van der Waals surface area contributed by atoms with Crippen LogP contribution in [-0.4, -0.2) is 40.6 Å². The molecule has 0 radical (unpaired) electrons. The molecule has 8 heteroatoms. The Morgan fingerprint density at radius 2 is 2.17 bits per heavy atom. The minimum Gasteiger partial charge on any atom is -0.472 e. The standard InChI is InChI=1S/C16H24N4O3.ClH/c1-11(2)13(17)6-8-20(3)15(21)5-4-14-18-16(19-23-14)12-7-9-22-10-12;/h7,9-11,13H,4-6,8,17H2,1-3H3;1H. The van der Waals surface area contributed by atoms with Gasteiger partial charge in [0.05, 0.1) is 11.8 Å². The second-order valence-corrected chi connectivity index (χ2v) is 6.04. The first-order chi connectivity index (χ1) is 11.0. The molecule has 2 aromatic rings. The van der Waals surface area contributed by atoms with Crippen molar-refractivity contribution in [1.82, 2.24) is 15.0 Å². The molecule has 134 valence electrons. The summed E-state index contributed by atoms with van der Waals surface area (Å²) in [6.07, 6.45) is 4.65. The number of carbonyl (C=O) groups is 1. The summed E-state index contributed by atoms with van der Waals surface area (Å²) in [5, 5.41) is 3.87. The maximum Gasteiger partial charge on any atom is 0.227 e. The number of halogens is 1. The predicted octanol–water partition coefficient (Wildman–Crippen LogP) is 2.52. The highest BCUT2D eigenvalue weighted by molar-refractivity contribution is 5.85. The molecule has 2 N–H and O–H groups in total. The summed E-state index contributed by atoms with van der Waals surface area (Å²) >= 11 is 0. The highest BCUT2D eigenvalue weighted by Crippen LogP contribution is 2.16. The third-order valence-electron chi connectivity index (χ3n) is 3.88. The number of carbonyl (C=O) groups excluding carboxylic acids is 1. The van der Waals surface area contributed by atoms with Crippen LogP contribution in [0.4, 0.5) is 0 Å². The molecule has 1 amide bonds. The average molecular weight is 357 g/mol. The lowest BCUT2D eigenvalue weighted by Gasteiger charge is -2.21. The molecule has 0 aromatic carbocycles. The van der Waals surface area contributed by atoms with Crippen LogP contribution in [0.2, 0.25) is 0 Å². The SMILES string of the molecule is CC(C)C(N)CCN(C)C(=O)CCc1nc(-c2ccoc2)no1.Cl. The quantitative estimate of drug-likeness (QED) is 0.780. The molecule has 0 fully saturated rings. The van der Waals surface area contributed by atoms with E-state index in [1.54, 1.807) is 30.5 Å². The van der Waals surface area contributed by atoms with E-state index in [2.05, 4.69) is 24.0 Å². The molecule has 0 aliphatic heterocycles. The maximum absolute atomic E-state index is 12.1. The summed E-state index contributed by atoms with van der Waals surface area (Å²) in [5.74, 6) is 1.38. The van der Waals surface area contributed by atoms with Gasteiger partial charge in [-0.05, 0) is 18.4 Å². The summed E-state index contributed by atoms with van der Waals surface area (Å²) in [6.45, 7) is 4.82. The van der Waals surface area contributed by atoms with E-state index in [0.29, 0.717) is 37.0 Å². The Morgan fingerprint density at radius 1 is 1.42 bits per heavy atom. The van der Waals surface area contributed by atoms with Gasteiger partial charge in [-0.1, -0.05) is 19.0 Å². The molecular weight excluding hydrogens is 332 g/mol. The van der Waals surface area contributed by atoms with Crippen molar-refractivity contribution in [2.45, 2.75) is 39.2 Å². The molecule has 0 saturated carbocycles. The lowest BCUT2D eigenvalue weighted by atomic mass is 10.0. The van der Waals surface area contributed by atoms with E-state index in [-0.39, 0.29) is 24.4 Å². The number of furan rings is 1. The number of hydrogen-bond acceptors (Lipinski definition) is 6. The summed E-state index contributed by atoms with van der Waals surface area (Å²) in [6, 6.07) is 1.87. The first kappa shape index (κ1) is 20.2. The van der Waals surface area contributed by atoms with Gasteiger partial charge in [-0.25, -0.2) is 0 Å². The molecular formula is C16H25ClN4O3. The van der Waals surface area contributed by atoms with Crippen molar-refractivity contribution in [3.8, 4) is 11.4 Å². The molecule has 24 heavy (non-hydrogen) atoms. The average Bonchev–Trinajstić information content (AvgIpc) is 3.20. The minimum absolute atomic E-state index is 0. The second-order valence-electron chi connectivity index (χ2n) is 6.04. The molecule has 0 aliphatic rings. The van der Waals surface area contributed by atoms with E-state index < -0.39 is 0 Å². The Kier molecular flexibility index (Phi) is 7.94. The van der Waals surface area contributed by atoms with Crippen LogP contribution in [0.3, 0.4) is 0 Å². The zero-order chi connectivity index (χ0) is 16.8. The van der Waals surface area contributed by atoms with Crippen molar-refractivity contribution >= 4 is 18.3 Å². The topological polar surface area (TPSA) is 98.4 Å². The Bertz CT molecular complexity index is 613. The Labute approximate surface area is 148 Å². The molecule has 7 nitrogen and oxygen atoms in total. The van der Waals surface area contributed by atoms with Gasteiger partial charge in [-0.2, -0.15) is 4.98 Å². The van der Waals surface area contributed by atoms with Gasteiger partial charge in [-0.15, -0.1) is 12.4 Å². The molecule has 0 spiro atoms. The number of amides is 1. The van der Waals surface area contributed by atoms with Crippen LogP contribution in [-0.2, 0) is 11.2 Å². The van der Waals surface area contributed by atoms with Gasteiger partial charge >= 0.3 is 0 Å². The van der Waals surface area contributed by atoms with Gasteiger partial charge < -0.3 is 19.6 Å². The minimum atomic E-state index is 0. The van der Waals surface area contributed by atoms with Crippen molar-refractivity contribution in [3.63, 3.8) is 0 Å². The van der Waals surface area contributed by atoms with E-state index in [1.165, 1.54) is 0 Å². The fraction of sp³-hybridized carbons (Fsp3) is 0.562. The number of aryl methyl sites for hydroxylation is 1. The second kappa shape index (κ2) is 9.44. The molecule has 0 aliphatic carbocycles. The van der Waals surface area contributed by atoms with Crippen LogP contribution in [0.1, 0.15) is 32.6 Å². The largest absolute Gasteiger partial charge is 0.472 e. The Morgan fingerprint density at radius 3 is 2.79 bits per heavy atom. The van der Waals surface area contributed by atoms with Crippen LogP contribution in [0.5, 0.6) is 0 Å². The molecule has 1 atom stereocenters. The van der Waals surface area contributed by atoms with Crippen LogP contribution >= 0.6 is 12.4 Å². The zero-order valence-electron chi connectivity index (χ0n) is 14.3. The number of hydrogen-bond donors (Lipinski definition) is 1. The first-order valence-electron chi connectivity index (χ1n) is 7.82. The van der Waals surface area contributed by atoms with E-state index in [1.807, 2.05) is 0 Å². The molecule has 2 rings (SSSR count). The number of aromatic nitrogens is 2. The monoisotopic (exact) mass is 356 g/mol. The molecule has 0 bridgehead atoms. The highest BCUT2D eigenvalue weighted by atomic mass is 35.5.